The van der Waals surface area contributed by atoms with Gasteiger partial charge in [0.25, 0.3) is 0 Å². The van der Waals surface area contributed by atoms with Gasteiger partial charge in [-0.15, -0.1) is 0 Å². The Bertz CT molecular complexity index is 19.1. The molecule has 0 aromatic heterocycles. The molecule has 0 heterocycles. The van der Waals surface area contributed by atoms with Crippen LogP contribution in [-0.4, -0.2) is 15.4 Å². The molecule has 0 unspecified atom stereocenters. The third kappa shape index (κ3) is 286. The summed E-state index contributed by atoms with van der Waals surface area (Å²) < 4.78 is 39.4. The SMILES string of the molecule is F[As-](F)(F)F. The van der Waals surface area contributed by atoms with Gasteiger partial charge in [0.2, 0.25) is 0 Å². The van der Waals surface area contributed by atoms with Crippen LogP contribution in [0.1, 0.15) is 0 Å². The molecule has 0 aliphatic heterocycles. The van der Waals surface area contributed by atoms with Crippen LogP contribution in [0.5, 0.6) is 0 Å². The summed E-state index contributed by atoms with van der Waals surface area (Å²) >= 11 is -6.88. The number of halogens is 4. The predicted octanol–water partition coefficient (Wildman–Crippen LogP) is 1.30. The first-order valence-electron chi connectivity index (χ1n) is 0.676. The fourth-order valence-electron chi connectivity index (χ4n) is 0. The van der Waals surface area contributed by atoms with Gasteiger partial charge in [0.1, 0.15) is 0 Å². The van der Waals surface area contributed by atoms with Crippen LogP contribution >= 0.6 is 0 Å². The van der Waals surface area contributed by atoms with Crippen molar-refractivity contribution >= 4 is 15.4 Å². The van der Waals surface area contributed by atoms with Gasteiger partial charge in [-0.25, -0.2) is 0 Å². The molecule has 0 fully saturated rings. The third-order valence-electron chi connectivity index (χ3n) is 0. The molecular formula is AsF4-. The van der Waals surface area contributed by atoms with Crippen molar-refractivity contribution in [1.82, 2.24) is 0 Å². The van der Waals surface area contributed by atoms with Crippen LogP contribution in [0.4, 0.5) is 13.9 Å². The molecule has 0 rings (SSSR count). The summed E-state index contributed by atoms with van der Waals surface area (Å²) in [4.78, 5) is 0. The van der Waals surface area contributed by atoms with E-state index in [9.17, 15) is 13.9 Å². The van der Waals surface area contributed by atoms with Gasteiger partial charge in [-0.1, -0.05) is 0 Å². The van der Waals surface area contributed by atoms with Gasteiger partial charge in [-0.2, -0.15) is 0 Å². The third-order valence-corrected chi connectivity index (χ3v) is 0. The second kappa shape index (κ2) is 1.17. The molecule has 5 heavy (non-hydrogen) atoms. The Morgan fingerprint density at radius 2 is 0.800 bits per heavy atom. The van der Waals surface area contributed by atoms with Crippen LogP contribution < -0.4 is 0 Å². The van der Waals surface area contributed by atoms with E-state index in [0.717, 1.165) is 0 Å². The second-order valence-corrected chi connectivity index (χ2v) is 1.99. The monoisotopic (exact) mass is 151 g/mol. The van der Waals surface area contributed by atoms with Crippen molar-refractivity contribution in [2.24, 2.45) is 0 Å². The molecule has 0 saturated carbocycles. The zero-order valence-electron chi connectivity index (χ0n) is 1.96. The first-order valence-corrected chi connectivity index (χ1v) is 3.51. The fourth-order valence-corrected chi connectivity index (χ4v) is 0. The van der Waals surface area contributed by atoms with E-state index in [2.05, 4.69) is 0 Å². The van der Waals surface area contributed by atoms with E-state index >= 15 is 0 Å². The Balaban J connectivity index is 3.02. The Morgan fingerprint density at radius 1 is 0.800 bits per heavy atom. The van der Waals surface area contributed by atoms with Crippen molar-refractivity contribution in [1.29, 1.82) is 0 Å². The number of hydrogen-bond donors (Lipinski definition) is 0. The fraction of sp³-hybridized carbons (Fsp3) is 0. The maximum atomic E-state index is 9.86. The maximum absolute atomic E-state index is 9.86. The van der Waals surface area contributed by atoms with E-state index in [1.54, 1.807) is 0 Å². The quantitative estimate of drug-likeness (QED) is 0.361. The Labute approximate surface area is 30.2 Å². The van der Waals surface area contributed by atoms with Crippen molar-refractivity contribution in [3.05, 3.63) is 0 Å². The first-order chi connectivity index (χ1) is 2.00. The minimum absolute atomic E-state index is 6.88. The molecule has 0 amide bonds. The molecule has 5 heteroatoms. The van der Waals surface area contributed by atoms with E-state index in [1.807, 2.05) is 0 Å². The first kappa shape index (κ1) is 5.28. The molecule has 0 atom stereocenters. The average Bonchev–Trinajstić information content (AvgIpc) is 0.722. The van der Waals surface area contributed by atoms with Crippen molar-refractivity contribution in [3.8, 4) is 0 Å². The average molecular weight is 151 g/mol. The van der Waals surface area contributed by atoms with Gasteiger partial charge in [0.05, 0.1) is 0 Å². The molecular weight excluding hydrogens is 151 g/mol. The molecule has 0 aliphatic rings. The van der Waals surface area contributed by atoms with E-state index in [0.29, 0.717) is 0 Å². The van der Waals surface area contributed by atoms with Crippen LogP contribution in [-0.2, 0) is 0 Å². The minimum atomic E-state index is -6.88. The van der Waals surface area contributed by atoms with Crippen LogP contribution in [0.2, 0.25) is 0 Å². The topological polar surface area (TPSA) is 0 Å². The molecule has 0 spiro atoms. The zero-order chi connectivity index (χ0) is 4.50. The summed E-state index contributed by atoms with van der Waals surface area (Å²) in [6.45, 7) is 0. The van der Waals surface area contributed by atoms with Crippen LogP contribution in [0.15, 0.2) is 0 Å². The standard InChI is InChI=1S/AsF4/c2-1(3,4)5/q-1. The summed E-state index contributed by atoms with van der Waals surface area (Å²) in [5.41, 5.74) is 0. The summed E-state index contributed by atoms with van der Waals surface area (Å²) in [5.74, 6) is 0. The Kier molecular flexibility index (Phi) is 1.23. The summed E-state index contributed by atoms with van der Waals surface area (Å²) in [6.07, 6.45) is 0. The molecule has 0 N–H and O–H groups in total. The van der Waals surface area contributed by atoms with Crippen molar-refractivity contribution in [3.63, 3.8) is 0 Å². The van der Waals surface area contributed by atoms with E-state index in [1.165, 1.54) is 0 Å². The normalized spacial score (nSPS) is 15.2. The van der Waals surface area contributed by atoms with Gasteiger partial charge in [0.15, 0.2) is 0 Å². The summed E-state index contributed by atoms with van der Waals surface area (Å²) in [5, 5.41) is 0. The molecule has 0 aromatic rings. The summed E-state index contributed by atoms with van der Waals surface area (Å²) in [7, 11) is 0. The van der Waals surface area contributed by atoms with Gasteiger partial charge in [-0.05, 0) is 0 Å². The van der Waals surface area contributed by atoms with Crippen LogP contribution in [0.3, 0.4) is 0 Å². The van der Waals surface area contributed by atoms with E-state index in [-0.39, 0.29) is 0 Å². The number of hydrogen-bond acceptors (Lipinski definition) is 0. The Hall–Kier alpha value is 0.278. The zero-order valence-corrected chi connectivity index (χ0v) is 3.84. The van der Waals surface area contributed by atoms with Crippen LogP contribution in [0.25, 0.3) is 0 Å². The molecule has 0 aliphatic carbocycles. The molecule has 0 bridgehead atoms. The van der Waals surface area contributed by atoms with Gasteiger partial charge in [-0.3, -0.25) is 0 Å². The van der Waals surface area contributed by atoms with Gasteiger partial charge in [0, 0.05) is 0 Å². The van der Waals surface area contributed by atoms with Crippen molar-refractivity contribution in [2.75, 3.05) is 0 Å². The van der Waals surface area contributed by atoms with Crippen molar-refractivity contribution in [2.45, 2.75) is 0 Å². The van der Waals surface area contributed by atoms with Gasteiger partial charge >= 0.3 is 29.3 Å². The van der Waals surface area contributed by atoms with E-state index < -0.39 is 15.4 Å². The molecule has 0 nitrogen and oxygen atoms in total. The molecule has 34 valence electrons. The van der Waals surface area contributed by atoms with Crippen LogP contribution in [0, 0.1) is 0 Å². The van der Waals surface area contributed by atoms with Gasteiger partial charge < -0.3 is 0 Å². The Morgan fingerprint density at radius 3 is 0.800 bits per heavy atom. The number of rotatable bonds is 0. The molecule has 0 radical (unpaired) electrons. The molecule has 0 aromatic carbocycles. The second-order valence-electron chi connectivity index (χ2n) is 0.383. The molecule has 0 saturated heterocycles. The van der Waals surface area contributed by atoms with Crippen molar-refractivity contribution < 1.29 is 13.9 Å². The summed E-state index contributed by atoms with van der Waals surface area (Å²) in [6, 6.07) is 0. The predicted molar refractivity (Wildman–Crippen MR) is 10.2 cm³/mol. The van der Waals surface area contributed by atoms with E-state index in [4.69, 9.17) is 0 Å².